The van der Waals surface area contributed by atoms with Gasteiger partial charge in [0.1, 0.15) is 51.2 Å². The van der Waals surface area contributed by atoms with E-state index >= 15 is 0 Å². The van der Waals surface area contributed by atoms with Crippen molar-refractivity contribution in [3.05, 3.63) is 68.8 Å². The molecule has 93 heavy (non-hydrogen) atoms. The number of rotatable bonds is 54. The summed E-state index contributed by atoms with van der Waals surface area (Å²) in [6.07, 6.45) is 3.64. The molecule has 0 amide bonds. The molecule has 0 bridgehead atoms. The maximum atomic E-state index is 13.9. The van der Waals surface area contributed by atoms with E-state index in [0.29, 0.717) is 250 Å². The Morgan fingerprint density at radius 2 is 0.645 bits per heavy atom. The van der Waals surface area contributed by atoms with Gasteiger partial charge in [-0.15, -0.1) is 0 Å². The Morgan fingerprint density at radius 1 is 0.312 bits per heavy atom. The van der Waals surface area contributed by atoms with Crippen molar-refractivity contribution >= 4 is 17.9 Å². The molecule has 0 saturated carbocycles. The van der Waals surface area contributed by atoms with Crippen LogP contribution in [0.25, 0.3) is 33.4 Å². The predicted octanol–water partition coefficient (Wildman–Crippen LogP) is 10.0. The van der Waals surface area contributed by atoms with Crippen LogP contribution >= 0.6 is 0 Å². The molecule has 4 aromatic carbocycles. The summed E-state index contributed by atoms with van der Waals surface area (Å²) in [7, 11) is 10.6. The number of ether oxygens (including phenoxy) is 19. The summed E-state index contributed by atoms with van der Waals surface area (Å²) in [5.41, 5.74) is 5.50. The molecule has 0 heterocycles. The van der Waals surface area contributed by atoms with E-state index in [2.05, 4.69) is 0 Å². The molecule has 0 fully saturated rings. The summed E-state index contributed by atoms with van der Waals surface area (Å²) < 4.78 is 108. The predicted molar refractivity (Wildman–Crippen MR) is 349 cm³/mol. The quantitative estimate of drug-likeness (QED) is 0.0307. The number of benzene rings is 4. The van der Waals surface area contributed by atoms with E-state index < -0.39 is 17.9 Å². The van der Waals surface area contributed by atoms with Crippen LogP contribution in [0.3, 0.4) is 0 Å². The molecule has 0 spiro atoms. The average molecular weight is 1320 g/mol. The zero-order chi connectivity index (χ0) is 67.8. The largest absolute Gasteiger partial charge is 0.496 e. The summed E-state index contributed by atoms with van der Waals surface area (Å²) in [5, 5.41) is 22.1. The van der Waals surface area contributed by atoms with Gasteiger partial charge >= 0.3 is 17.9 Å². The Hall–Kier alpha value is -6.39. The number of methoxy groups -OCH3 is 7. The normalized spacial score (nSPS) is 11.3. The van der Waals surface area contributed by atoms with Gasteiger partial charge in [-0.3, -0.25) is 0 Å². The first-order chi connectivity index (χ1) is 45.2. The van der Waals surface area contributed by atoms with Gasteiger partial charge in [0.25, 0.3) is 0 Å². The van der Waals surface area contributed by atoms with Gasteiger partial charge in [-0.25, -0.2) is 14.4 Å². The molecule has 0 radical (unpaired) electrons. The number of hydrogen-bond acceptors (Lipinski definition) is 22. The summed E-state index contributed by atoms with van der Waals surface area (Å²) >= 11 is 0. The SMILES string of the molecule is COCCOCCOCCOCCCCOc1cc(OC)c(-c2c(C)c(-c3cc(C(=O)OC)c(OCCCCOCCOCCOCCOC)cc3OC)c(C)c(-c3c(C)c(C(=O)O)c(OCCCCOCCOCCOCCOC)c(C)c3OC)c2C)cc1C(=O)O. The molecule has 0 aliphatic carbocycles. The van der Waals surface area contributed by atoms with Gasteiger partial charge in [0.15, 0.2) is 0 Å². The third kappa shape index (κ3) is 25.4. The lowest BCUT2D eigenvalue weighted by Crippen LogP contribution is -2.13. The average Bonchev–Trinajstić information content (AvgIpc) is 0.727. The molecule has 4 aromatic rings. The lowest BCUT2D eigenvalue weighted by molar-refractivity contribution is 0.00304. The highest BCUT2D eigenvalue weighted by Crippen LogP contribution is 2.53. The summed E-state index contributed by atoms with van der Waals surface area (Å²) in [4.78, 5) is 41.0. The second-order valence-corrected chi connectivity index (χ2v) is 21.2. The fourth-order valence-corrected chi connectivity index (χ4v) is 10.4. The van der Waals surface area contributed by atoms with Crippen molar-refractivity contribution in [1.29, 1.82) is 0 Å². The van der Waals surface area contributed by atoms with Crippen LogP contribution in [0.1, 0.15) is 97.4 Å². The first kappa shape index (κ1) is 79.1. The van der Waals surface area contributed by atoms with E-state index in [0.717, 1.165) is 0 Å². The molecule has 0 saturated heterocycles. The zero-order valence-electron chi connectivity index (χ0n) is 56.9. The van der Waals surface area contributed by atoms with Gasteiger partial charge in [-0.05, 0) is 124 Å². The van der Waals surface area contributed by atoms with E-state index in [-0.39, 0.29) is 59.5 Å². The van der Waals surface area contributed by atoms with Crippen molar-refractivity contribution in [1.82, 2.24) is 0 Å². The number of aromatic carboxylic acids is 2. The summed E-state index contributed by atoms with van der Waals surface area (Å²) in [6, 6.07) is 6.37. The molecule has 4 rings (SSSR count). The molecular formula is C69H102O24. The van der Waals surface area contributed by atoms with Crippen LogP contribution in [0.15, 0.2) is 24.3 Å². The molecule has 522 valence electrons. The summed E-state index contributed by atoms with van der Waals surface area (Å²) in [5.74, 6) is -1.75. The van der Waals surface area contributed by atoms with E-state index in [1.54, 1.807) is 53.4 Å². The van der Waals surface area contributed by atoms with E-state index in [4.69, 9.17) is 90.0 Å². The number of carbonyl (C=O) groups is 3. The number of carboxylic acids is 2. The first-order valence-corrected chi connectivity index (χ1v) is 31.6. The lowest BCUT2D eigenvalue weighted by atomic mass is 9.78. The Labute approximate surface area is 548 Å². The molecular weight excluding hydrogens is 1210 g/mol. The maximum absolute atomic E-state index is 13.9. The van der Waals surface area contributed by atoms with E-state index in [1.165, 1.54) is 34.5 Å². The molecule has 0 unspecified atom stereocenters. The molecule has 0 aromatic heterocycles. The Balaban J connectivity index is 1.78. The minimum atomic E-state index is -1.25. The first-order valence-electron chi connectivity index (χ1n) is 31.6. The number of esters is 1. The van der Waals surface area contributed by atoms with Crippen LogP contribution in [-0.2, 0) is 61.6 Å². The minimum absolute atomic E-state index is 0.0722. The van der Waals surface area contributed by atoms with Crippen LogP contribution in [0, 0.1) is 34.6 Å². The monoisotopic (exact) mass is 1310 g/mol. The van der Waals surface area contributed by atoms with Crippen molar-refractivity contribution < 1.29 is 115 Å². The van der Waals surface area contributed by atoms with Crippen LogP contribution in [0.2, 0.25) is 0 Å². The van der Waals surface area contributed by atoms with Crippen molar-refractivity contribution in [3.63, 3.8) is 0 Å². The van der Waals surface area contributed by atoms with Gasteiger partial charge in [0.05, 0.1) is 167 Å². The number of carbonyl (C=O) groups excluding carboxylic acids is 1. The highest BCUT2D eigenvalue weighted by Gasteiger charge is 2.33. The van der Waals surface area contributed by atoms with Gasteiger partial charge in [-0.1, -0.05) is 0 Å². The fourth-order valence-electron chi connectivity index (χ4n) is 10.4. The van der Waals surface area contributed by atoms with Crippen LogP contribution in [0.5, 0.6) is 34.5 Å². The second kappa shape index (κ2) is 45.9. The van der Waals surface area contributed by atoms with Gasteiger partial charge in [0.2, 0.25) is 0 Å². The molecule has 2 N–H and O–H groups in total. The summed E-state index contributed by atoms with van der Waals surface area (Å²) in [6.45, 7) is 19.3. The van der Waals surface area contributed by atoms with Gasteiger partial charge in [-0.2, -0.15) is 0 Å². The topological polar surface area (TPSA) is 267 Å². The third-order valence-corrected chi connectivity index (χ3v) is 14.9. The smallest absolute Gasteiger partial charge is 0.341 e. The highest BCUT2D eigenvalue weighted by molar-refractivity contribution is 6.03. The van der Waals surface area contributed by atoms with E-state index in [1.807, 2.05) is 20.8 Å². The van der Waals surface area contributed by atoms with E-state index in [9.17, 15) is 24.6 Å². The Bertz CT molecular complexity index is 2860. The molecule has 24 nitrogen and oxygen atoms in total. The number of hydrogen-bond donors (Lipinski definition) is 2. The van der Waals surface area contributed by atoms with Crippen molar-refractivity contribution in [2.24, 2.45) is 0 Å². The second-order valence-electron chi connectivity index (χ2n) is 21.2. The van der Waals surface area contributed by atoms with Crippen molar-refractivity contribution in [3.8, 4) is 67.9 Å². The molecule has 0 aliphatic rings. The highest BCUT2D eigenvalue weighted by atomic mass is 16.6. The van der Waals surface area contributed by atoms with Crippen molar-refractivity contribution in [2.75, 3.05) is 208 Å². The molecule has 0 atom stereocenters. The standard InChI is InChI=1S/C69H102O24/c1-47-60(52-43-54(67(70)71)58(45-56(52)78-9)91-22-16-13-19-82-31-34-88-40-37-85-28-25-75-6)48(2)62(63-50(4)64(68(72)73)66(51(5)65(63)80-11)93-24-18-15-21-84-33-36-90-42-39-87-30-27-77-8)49(3)61(47)53-44-55(69(74)81-12)59(46-57(53)79-10)92-23-17-14-20-83-32-35-89-41-38-86-29-26-76-7/h43-46H,13-42H2,1-12H3,(H,70,71)(H,72,73). The van der Waals surface area contributed by atoms with Gasteiger partial charge < -0.3 is 100 Å². The van der Waals surface area contributed by atoms with Crippen molar-refractivity contribution in [2.45, 2.75) is 73.1 Å². The molecule has 24 heteroatoms. The minimum Gasteiger partial charge on any atom is -0.496 e. The van der Waals surface area contributed by atoms with Crippen LogP contribution in [0.4, 0.5) is 0 Å². The molecule has 0 aliphatic heterocycles. The Kier molecular flexibility index (Phi) is 39.0. The fraction of sp³-hybridized carbons (Fsp3) is 0.609. The lowest BCUT2D eigenvalue weighted by Gasteiger charge is -2.28. The van der Waals surface area contributed by atoms with Crippen LogP contribution < -0.4 is 28.4 Å². The number of unbranched alkanes of at least 4 members (excludes halogenated alkanes) is 3. The maximum Gasteiger partial charge on any atom is 0.341 e. The zero-order valence-corrected chi connectivity index (χ0v) is 56.9. The van der Waals surface area contributed by atoms with Crippen LogP contribution in [-0.4, -0.2) is 236 Å². The number of carboxylic acid groups (broad SMARTS) is 2. The third-order valence-electron chi connectivity index (χ3n) is 14.9. The van der Waals surface area contributed by atoms with Gasteiger partial charge in [0, 0.05) is 75.5 Å². The Morgan fingerprint density at radius 3 is 0.989 bits per heavy atom.